The van der Waals surface area contributed by atoms with Gasteiger partial charge in [0.15, 0.2) is 0 Å². The van der Waals surface area contributed by atoms with Gasteiger partial charge in [-0.3, -0.25) is 9.59 Å². The van der Waals surface area contributed by atoms with Crippen LogP contribution < -0.4 is 11.1 Å². The summed E-state index contributed by atoms with van der Waals surface area (Å²) in [5.74, 6) is -1.20. The zero-order valence-electron chi connectivity index (χ0n) is 12.3. The minimum atomic E-state index is -0.716. The summed E-state index contributed by atoms with van der Waals surface area (Å²) in [5.41, 5.74) is 5.98. The van der Waals surface area contributed by atoms with E-state index in [1.165, 1.54) is 11.8 Å². The summed E-state index contributed by atoms with van der Waals surface area (Å²) >= 11 is 0. The molecule has 7 nitrogen and oxygen atoms in total. The van der Waals surface area contributed by atoms with E-state index in [1.54, 1.807) is 0 Å². The highest BCUT2D eigenvalue weighted by molar-refractivity contribution is 5.88. The van der Waals surface area contributed by atoms with E-state index in [2.05, 4.69) is 5.32 Å². The molecule has 0 radical (unpaired) electrons. The Morgan fingerprint density at radius 3 is 2.55 bits per heavy atom. The van der Waals surface area contributed by atoms with Gasteiger partial charge in [-0.15, -0.1) is 0 Å². The number of amides is 3. The molecule has 1 aliphatic rings. The third kappa shape index (κ3) is 3.97. The van der Waals surface area contributed by atoms with E-state index in [0.717, 1.165) is 5.56 Å². The van der Waals surface area contributed by atoms with Crippen molar-refractivity contribution >= 4 is 17.9 Å². The van der Waals surface area contributed by atoms with Crippen molar-refractivity contribution in [1.29, 1.82) is 0 Å². The third-order valence-corrected chi connectivity index (χ3v) is 3.50. The number of carbonyl (C=O) groups is 3. The Kier molecular flexibility index (Phi) is 4.98. The van der Waals surface area contributed by atoms with E-state index in [-0.39, 0.29) is 31.5 Å². The number of nitrogens with two attached hydrogens (primary N) is 1. The van der Waals surface area contributed by atoms with Crippen molar-refractivity contribution in [2.45, 2.75) is 19.6 Å². The minimum absolute atomic E-state index is 0.200. The van der Waals surface area contributed by atoms with Crippen LogP contribution >= 0.6 is 0 Å². The van der Waals surface area contributed by atoms with Crippen molar-refractivity contribution in [3.05, 3.63) is 35.9 Å². The second-order valence-corrected chi connectivity index (χ2v) is 5.27. The number of hydrogen-bond donors (Lipinski definition) is 2. The highest BCUT2D eigenvalue weighted by Gasteiger charge is 2.37. The molecule has 3 amide bonds. The molecule has 118 valence electrons. The first-order valence-electron chi connectivity index (χ1n) is 7.02. The third-order valence-electron chi connectivity index (χ3n) is 3.50. The van der Waals surface area contributed by atoms with Gasteiger partial charge in [-0.05, 0) is 12.5 Å². The second kappa shape index (κ2) is 6.93. The van der Waals surface area contributed by atoms with Gasteiger partial charge in [-0.25, -0.2) is 4.79 Å². The van der Waals surface area contributed by atoms with Crippen molar-refractivity contribution in [3.8, 4) is 0 Å². The average Bonchev–Trinajstić information content (AvgIpc) is 2.44. The van der Waals surface area contributed by atoms with E-state index < -0.39 is 18.0 Å². The topological polar surface area (TPSA) is 102 Å². The predicted molar refractivity (Wildman–Crippen MR) is 78.5 cm³/mol. The standard InChI is InChI=1S/C15H19N3O4/c1-10(13(16)19)17-14(20)12-7-18(8-12)15(21)22-9-11-5-3-2-4-6-11/h2-6,10,12H,7-9H2,1H3,(H2,16,19)(H,17,20). The average molecular weight is 305 g/mol. The van der Waals surface area contributed by atoms with Crippen LogP contribution in [0, 0.1) is 5.92 Å². The molecule has 1 aromatic rings. The first-order valence-corrected chi connectivity index (χ1v) is 7.02. The lowest BCUT2D eigenvalue weighted by atomic mass is 9.99. The van der Waals surface area contributed by atoms with Crippen LogP contribution in [0.1, 0.15) is 12.5 Å². The van der Waals surface area contributed by atoms with E-state index in [1.807, 2.05) is 30.3 Å². The first-order chi connectivity index (χ1) is 10.5. The molecule has 3 N–H and O–H groups in total. The summed E-state index contributed by atoms with van der Waals surface area (Å²) in [5, 5.41) is 2.51. The van der Waals surface area contributed by atoms with Gasteiger partial charge < -0.3 is 20.7 Å². The Bertz CT molecular complexity index is 555. The Morgan fingerprint density at radius 2 is 1.95 bits per heavy atom. The van der Waals surface area contributed by atoms with Crippen LogP contribution in [0.2, 0.25) is 0 Å². The fourth-order valence-electron chi connectivity index (χ4n) is 2.01. The van der Waals surface area contributed by atoms with Crippen molar-refractivity contribution in [2.24, 2.45) is 11.7 Å². The molecule has 0 aromatic heterocycles. The Hall–Kier alpha value is -2.57. The maximum absolute atomic E-state index is 11.8. The lowest BCUT2D eigenvalue weighted by molar-refractivity contribution is -0.133. The zero-order valence-corrected chi connectivity index (χ0v) is 12.3. The molecule has 7 heteroatoms. The number of nitrogens with one attached hydrogen (secondary N) is 1. The molecule has 1 saturated heterocycles. The normalized spacial score (nSPS) is 15.6. The maximum Gasteiger partial charge on any atom is 0.410 e. The number of benzene rings is 1. The van der Waals surface area contributed by atoms with Gasteiger partial charge in [0, 0.05) is 13.1 Å². The summed E-state index contributed by atoms with van der Waals surface area (Å²) in [4.78, 5) is 35.9. The van der Waals surface area contributed by atoms with Gasteiger partial charge in [-0.1, -0.05) is 30.3 Å². The quantitative estimate of drug-likeness (QED) is 0.813. The molecule has 1 atom stereocenters. The largest absolute Gasteiger partial charge is 0.445 e. The first kappa shape index (κ1) is 15.8. The van der Waals surface area contributed by atoms with Crippen LogP contribution in [0.4, 0.5) is 4.79 Å². The number of primary amides is 1. The van der Waals surface area contributed by atoms with Gasteiger partial charge in [0.25, 0.3) is 0 Å². The van der Waals surface area contributed by atoms with Crippen LogP contribution in [0.15, 0.2) is 30.3 Å². The van der Waals surface area contributed by atoms with Gasteiger partial charge >= 0.3 is 6.09 Å². The summed E-state index contributed by atoms with van der Waals surface area (Å²) in [7, 11) is 0. The fourth-order valence-corrected chi connectivity index (χ4v) is 2.01. The molecule has 0 aliphatic carbocycles. The lowest BCUT2D eigenvalue weighted by Gasteiger charge is -2.37. The van der Waals surface area contributed by atoms with Gasteiger partial charge in [0.05, 0.1) is 5.92 Å². The van der Waals surface area contributed by atoms with Crippen LogP contribution in [0.3, 0.4) is 0 Å². The molecule has 2 rings (SSSR count). The van der Waals surface area contributed by atoms with Crippen molar-refractivity contribution in [2.75, 3.05) is 13.1 Å². The van der Waals surface area contributed by atoms with Gasteiger partial charge in [0.2, 0.25) is 11.8 Å². The van der Waals surface area contributed by atoms with Crippen LogP contribution in [0.5, 0.6) is 0 Å². The molecular formula is C15H19N3O4. The summed E-state index contributed by atoms with van der Waals surface area (Å²) in [6, 6.07) is 8.64. The molecule has 1 unspecified atom stereocenters. The van der Waals surface area contributed by atoms with E-state index in [0.29, 0.717) is 0 Å². The smallest absolute Gasteiger partial charge is 0.410 e. The predicted octanol–water partition coefficient (Wildman–Crippen LogP) is 0.245. The zero-order chi connectivity index (χ0) is 16.1. The van der Waals surface area contributed by atoms with Crippen LogP contribution in [-0.2, 0) is 20.9 Å². The summed E-state index contributed by atoms with van der Waals surface area (Å²) in [6.45, 7) is 2.28. The van der Waals surface area contributed by atoms with Crippen molar-refractivity contribution in [1.82, 2.24) is 10.2 Å². The molecule has 1 fully saturated rings. The molecule has 0 saturated carbocycles. The number of ether oxygens (including phenoxy) is 1. The lowest BCUT2D eigenvalue weighted by Crippen LogP contribution is -2.57. The SMILES string of the molecule is CC(NC(=O)C1CN(C(=O)OCc2ccccc2)C1)C(N)=O. The van der Waals surface area contributed by atoms with Crippen molar-refractivity contribution in [3.63, 3.8) is 0 Å². The Labute approximate surface area is 128 Å². The summed E-state index contributed by atoms with van der Waals surface area (Å²) < 4.78 is 5.16. The number of rotatable bonds is 5. The van der Waals surface area contributed by atoms with Gasteiger partial charge in [0.1, 0.15) is 12.6 Å². The molecule has 0 spiro atoms. The van der Waals surface area contributed by atoms with E-state index in [9.17, 15) is 14.4 Å². The number of hydrogen-bond acceptors (Lipinski definition) is 4. The number of nitrogens with zero attached hydrogens (tertiary/aromatic N) is 1. The molecular weight excluding hydrogens is 286 g/mol. The van der Waals surface area contributed by atoms with Crippen molar-refractivity contribution < 1.29 is 19.1 Å². The van der Waals surface area contributed by atoms with Crippen LogP contribution in [0.25, 0.3) is 0 Å². The number of carbonyl (C=O) groups excluding carboxylic acids is 3. The van der Waals surface area contributed by atoms with Crippen LogP contribution in [-0.4, -0.2) is 41.9 Å². The second-order valence-electron chi connectivity index (χ2n) is 5.27. The van der Waals surface area contributed by atoms with E-state index in [4.69, 9.17) is 10.5 Å². The van der Waals surface area contributed by atoms with Gasteiger partial charge in [-0.2, -0.15) is 0 Å². The Balaban J connectivity index is 1.71. The highest BCUT2D eigenvalue weighted by atomic mass is 16.6. The molecule has 0 bridgehead atoms. The fraction of sp³-hybridized carbons (Fsp3) is 0.400. The highest BCUT2D eigenvalue weighted by Crippen LogP contribution is 2.17. The maximum atomic E-state index is 11.8. The Morgan fingerprint density at radius 1 is 1.32 bits per heavy atom. The number of likely N-dealkylation sites (tertiary alicyclic amines) is 1. The molecule has 1 aliphatic heterocycles. The monoisotopic (exact) mass is 305 g/mol. The van der Waals surface area contributed by atoms with E-state index >= 15 is 0 Å². The molecule has 1 heterocycles. The minimum Gasteiger partial charge on any atom is -0.445 e. The summed E-state index contributed by atoms with van der Waals surface area (Å²) in [6.07, 6.45) is -0.448. The molecule has 1 aromatic carbocycles. The molecule has 22 heavy (non-hydrogen) atoms.